The molecular formula is C27H29N3O7. The number of aromatic nitrogens is 2. The third-order valence-electron chi connectivity index (χ3n) is 6.41. The summed E-state index contributed by atoms with van der Waals surface area (Å²) >= 11 is 0. The molecule has 2 aromatic carbocycles. The van der Waals surface area contributed by atoms with Crippen molar-refractivity contribution in [1.82, 2.24) is 14.5 Å². The average molecular weight is 508 g/mol. The van der Waals surface area contributed by atoms with Crippen LogP contribution >= 0.6 is 0 Å². The number of carbonyl (C=O) groups excluding carboxylic acids is 1. The van der Waals surface area contributed by atoms with Crippen molar-refractivity contribution in [3.05, 3.63) is 51.9 Å². The van der Waals surface area contributed by atoms with Gasteiger partial charge in [0.1, 0.15) is 5.60 Å². The Kier molecular flexibility index (Phi) is 6.17. The molecule has 4 aromatic rings. The Balaban J connectivity index is 1.74. The second kappa shape index (κ2) is 9.20. The zero-order chi connectivity index (χ0) is 26.5. The number of rotatable bonds is 5. The SMILES string of the molecule is CN(CCn1c(=O)c2cc(CO)c(CO)cc2c2cnc3cc4c(cc3c21)OCO4)C(=O)OC(C)(C)C. The standard InChI is InChI=1S/C27H29N3O7/c1-27(2,3)37-26(34)29(4)5-6-30-24-19-9-22-23(36-14-35-22)10-21(19)28-11-20(24)17-7-15(12-31)16(13-32)8-18(17)25(30)33/h7-11,31-32H,5-6,12-14H2,1-4H3. The largest absolute Gasteiger partial charge is 0.454 e. The van der Waals surface area contributed by atoms with Gasteiger partial charge in [-0.15, -0.1) is 0 Å². The predicted octanol–water partition coefficient (Wildman–Crippen LogP) is 3.28. The van der Waals surface area contributed by atoms with Crippen LogP contribution in [0.3, 0.4) is 0 Å². The van der Waals surface area contributed by atoms with Gasteiger partial charge in [0.25, 0.3) is 5.56 Å². The number of aliphatic hydroxyl groups is 2. The smallest absolute Gasteiger partial charge is 0.410 e. The van der Waals surface area contributed by atoms with Crippen molar-refractivity contribution in [2.24, 2.45) is 0 Å². The van der Waals surface area contributed by atoms with Gasteiger partial charge in [-0.05, 0) is 55.5 Å². The summed E-state index contributed by atoms with van der Waals surface area (Å²) in [5.74, 6) is 1.13. The quantitative estimate of drug-likeness (QED) is 0.395. The molecule has 1 aliphatic rings. The molecule has 5 rings (SSSR count). The summed E-state index contributed by atoms with van der Waals surface area (Å²) in [4.78, 5) is 32.5. The molecule has 2 N–H and O–H groups in total. The van der Waals surface area contributed by atoms with Crippen LogP contribution in [0.25, 0.3) is 32.6 Å². The van der Waals surface area contributed by atoms with E-state index in [4.69, 9.17) is 14.2 Å². The number of fused-ring (bicyclic) bond motifs is 6. The molecule has 1 amide bonds. The Morgan fingerprint density at radius 1 is 1.03 bits per heavy atom. The second-order valence-corrected chi connectivity index (χ2v) is 10.1. The first kappa shape index (κ1) is 24.8. The Morgan fingerprint density at radius 3 is 2.32 bits per heavy atom. The van der Waals surface area contributed by atoms with Gasteiger partial charge in [0.2, 0.25) is 6.79 Å². The lowest BCUT2D eigenvalue weighted by atomic mass is 9.98. The van der Waals surface area contributed by atoms with Crippen molar-refractivity contribution in [1.29, 1.82) is 0 Å². The molecule has 0 saturated carbocycles. The number of carbonyl (C=O) groups is 1. The molecule has 194 valence electrons. The van der Waals surface area contributed by atoms with Crippen molar-refractivity contribution in [3.8, 4) is 11.5 Å². The second-order valence-electron chi connectivity index (χ2n) is 10.1. The van der Waals surface area contributed by atoms with E-state index in [2.05, 4.69) is 4.98 Å². The minimum Gasteiger partial charge on any atom is -0.454 e. The first-order chi connectivity index (χ1) is 17.6. The van der Waals surface area contributed by atoms with Crippen molar-refractivity contribution in [2.75, 3.05) is 20.4 Å². The van der Waals surface area contributed by atoms with E-state index in [9.17, 15) is 19.8 Å². The fourth-order valence-corrected chi connectivity index (χ4v) is 4.58. The van der Waals surface area contributed by atoms with Gasteiger partial charge in [0.15, 0.2) is 11.5 Å². The zero-order valence-electron chi connectivity index (χ0n) is 21.2. The van der Waals surface area contributed by atoms with E-state index in [0.717, 1.165) is 0 Å². The molecule has 0 aliphatic carbocycles. The van der Waals surface area contributed by atoms with E-state index in [-0.39, 0.29) is 38.7 Å². The van der Waals surface area contributed by atoms with E-state index in [0.29, 0.717) is 55.2 Å². The highest BCUT2D eigenvalue weighted by Crippen LogP contribution is 2.38. The Hall–Kier alpha value is -3.89. The Labute approximate surface area is 212 Å². The molecule has 0 unspecified atom stereocenters. The van der Waals surface area contributed by atoms with Crippen molar-refractivity contribution < 1.29 is 29.2 Å². The van der Waals surface area contributed by atoms with E-state index in [1.54, 1.807) is 62.8 Å². The molecule has 0 fully saturated rings. The van der Waals surface area contributed by atoms with Crippen molar-refractivity contribution >= 4 is 38.7 Å². The van der Waals surface area contributed by atoms with Gasteiger partial charge in [-0.3, -0.25) is 9.78 Å². The van der Waals surface area contributed by atoms with Crippen LogP contribution in [-0.4, -0.2) is 56.7 Å². The number of likely N-dealkylation sites (N-methyl/N-ethyl adjacent to an activating group) is 1. The van der Waals surface area contributed by atoms with Crippen LogP contribution in [-0.2, 0) is 24.5 Å². The first-order valence-corrected chi connectivity index (χ1v) is 12.0. The minimum atomic E-state index is -0.646. The van der Waals surface area contributed by atoms with Crippen LogP contribution in [0.2, 0.25) is 0 Å². The number of hydrogen-bond donors (Lipinski definition) is 2. The van der Waals surface area contributed by atoms with Gasteiger partial charge in [-0.25, -0.2) is 4.79 Å². The van der Waals surface area contributed by atoms with Crippen LogP contribution in [0.5, 0.6) is 11.5 Å². The van der Waals surface area contributed by atoms with Crippen molar-refractivity contribution in [3.63, 3.8) is 0 Å². The highest BCUT2D eigenvalue weighted by molar-refractivity contribution is 6.14. The maximum Gasteiger partial charge on any atom is 0.410 e. The monoisotopic (exact) mass is 507 g/mol. The lowest BCUT2D eigenvalue weighted by Gasteiger charge is -2.25. The number of ether oxygens (including phenoxy) is 3. The molecule has 0 atom stereocenters. The molecule has 1 aliphatic heterocycles. The van der Waals surface area contributed by atoms with Gasteiger partial charge >= 0.3 is 6.09 Å². The normalized spacial score (nSPS) is 13.0. The van der Waals surface area contributed by atoms with Crippen LogP contribution in [0.4, 0.5) is 4.79 Å². The van der Waals surface area contributed by atoms with Gasteiger partial charge in [-0.2, -0.15) is 0 Å². The third-order valence-corrected chi connectivity index (χ3v) is 6.41. The van der Waals surface area contributed by atoms with E-state index in [1.165, 1.54) is 4.90 Å². The summed E-state index contributed by atoms with van der Waals surface area (Å²) in [6, 6.07) is 6.92. The fraction of sp³-hybridized carbons (Fsp3) is 0.370. The van der Waals surface area contributed by atoms with Crippen LogP contribution in [0, 0.1) is 0 Å². The molecular weight excluding hydrogens is 478 g/mol. The number of amides is 1. The van der Waals surface area contributed by atoms with Crippen molar-refractivity contribution in [2.45, 2.75) is 46.1 Å². The molecule has 37 heavy (non-hydrogen) atoms. The summed E-state index contributed by atoms with van der Waals surface area (Å²) in [5, 5.41) is 22.1. The number of benzene rings is 2. The topological polar surface area (TPSA) is 123 Å². The number of hydrogen-bond acceptors (Lipinski definition) is 8. The van der Waals surface area contributed by atoms with Crippen LogP contribution in [0.1, 0.15) is 31.9 Å². The summed E-state index contributed by atoms with van der Waals surface area (Å²) < 4.78 is 18.2. The van der Waals surface area contributed by atoms with E-state index >= 15 is 0 Å². The van der Waals surface area contributed by atoms with Crippen LogP contribution in [0.15, 0.2) is 35.3 Å². The highest BCUT2D eigenvalue weighted by Gasteiger charge is 2.23. The van der Waals surface area contributed by atoms with Gasteiger partial charge in [0, 0.05) is 48.6 Å². The first-order valence-electron chi connectivity index (χ1n) is 12.0. The molecule has 10 nitrogen and oxygen atoms in total. The molecule has 0 saturated heterocycles. The summed E-state index contributed by atoms with van der Waals surface area (Å²) in [5.41, 5.74) is 1.32. The molecule has 0 spiro atoms. The average Bonchev–Trinajstić information content (AvgIpc) is 3.32. The molecule has 2 aromatic heterocycles. The summed E-state index contributed by atoms with van der Waals surface area (Å²) in [6.45, 7) is 5.29. The maximum atomic E-state index is 13.9. The molecule has 0 radical (unpaired) electrons. The molecule has 0 bridgehead atoms. The van der Waals surface area contributed by atoms with Crippen LogP contribution < -0.4 is 15.0 Å². The van der Waals surface area contributed by atoms with Gasteiger partial charge < -0.3 is 33.9 Å². The van der Waals surface area contributed by atoms with Gasteiger partial charge in [-0.1, -0.05) is 0 Å². The summed E-state index contributed by atoms with van der Waals surface area (Å²) in [6.07, 6.45) is 1.20. The lowest BCUT2D eigenvalue weighted by Crippen LogP contribution is -2.37. The van der Waals surface area contributed by atoms with Gasteiger partial charge in [0.05, 0.1) is 24.2 Å². The number of aliphatic hydroxyl groups excluding tert-OH is 2. The Bertz CT molecular complexity index is 1600. The number of nitrogens with zero attached hydrogens (tertiary/aromatic N) is 3. The third kappa shape index (κ3) is 4.42. The van der Waals surface area contributed by atoms with E-state index in [1.807, 2.05) is 0 Å². The summed E-state index contributed by atoms with van der Waals surface area (Å²) in [7, 11) is 1.62. The number of pyridine rings is 2. The highest BCUT2D eigenvalue weighted by atomic mass is 16.7. The van der Waals surface area contributed by atoms with E-state index < -0.39 is 11.7 Å². The minimum absolute atomic E-state index is 0.101. The lowest BCUT2D eigenvalue weighted by molar-refractivity contribution is 0.0293. The predicted molar refractivity (Wildman–Crippen MR) is 138 cm³/mol. The molecule has 10 heteroatoms. The molecule has 3 heterocycles. The fourth-order valence-electron chi connectivity index (χ4n) is 4.58. The Morgan fingerprint density at radius 2 is 1.68 bits per heavy atom. The zero-order valence-corrected chi connectivity index (χ0v) is 21.2. The maximum absolute atomic E-state index is 13.9.